The zero-order chi connectivity index (χ0) is 18.0. The van der Waals surface area contributed by atoms with E-state index in [1.54, 1.807) is 0 Å². The summed E-state index contributed by atoms with van der Waals surface area (Å²) in [6.07, 6.45) is 3.51. The van der Waals surface area contributed by atoms with Crippen molar-refractivity contribution < 1.29 is 4.79 Å². The number of carbonyl (C=O) groups excluding carboxylic acids is 1. The third kappa shape index (κ3) is 3.47. The number of piperidine rings is 1. The normalized spacial score (nSPS) is 22.6. The summed E-state index contributed by atoms with van der Waals surface area (Å²) in [5.41, 5.74) is 4.82. The van der Waals surface area contributed by atoms with Crippen LogP contribution in [-0.4, -0.2) is 37.1 Å². The first-order valence-electron chi connectivity index (χ1n) is 9.58. The minimum absolute atomic E-state index is 0.0274. The monoisotopic (exact) mass is 349 g/mol. The number of urea groups is 1. The van der Waals surface area contributed by atoms with Crippen molar-refractivity contribution in [2.75, 3.05) is 31.5 Å². The molecule has 0 aromatic heterocycles. The first-order chi connectivity index (χ1) is 12.7. The van der Waals surface area contributed by atoms with E-state index < -0.39 is 0 Å². The van der Waals surface area contributed by atoms with Crippen LogP contribution in [0, 0.1) is 12.3 Å². The Bertz CT molecular complexity index is 778. The minimum atomic E-state index is 0.0274. The molecule has 2 amide bonds. The quantitative estimate of drug-likeness (QED) is 0.850. The molecular weight excluding hydrogens is 322 g/mol. The van der Waals surface area contributed by atoms with Gasteiger partial charge in [-0.25, -0.2) is 4.79 Å². The molecule has 2 aliphatic rings. The molecule has 4 rings (SSSR count). The Kier molecular flexibility index (Phi) is 4.68. The maximum atomic E-state index is 12.7. The number of aryl methyl sites for hydroxylation is 1. The van der Waals surface area contributed by atoms with Crippen molar-refractivity contribution in [1.82, 2.24) is 10.2 Å². The summed E-state index contributed by atoms with van der Waals surface area (Å²) in [7, 11) is 0. The minimum Gasteiger partial charge on any atom is -0.324 e. The van der Waals surface area contributed by atoms with Crippen LogP contribution in [0.25, 0.3) is 11.1 Å². The van der Waals surface area contributed by atoms with Gasteiger partial charge in [0.05, 0.1) is 0 Å². The molecule has 0 radical (unpaired) electrons. The van der Waals surface area contributed by atoms with Gasteiger partial charge in [-0.2, -0.15) is 0 Å². The van der Waals surface area contributed by atoms with Gasteiger partial charge in [0.25, 0.3) is 0 Å². The SMILES string of the molecule is Cc1ccccc1-c1ccc(NC(=O)N2CCCC3(CCNC3)C2)cc1. The predicted octanol–water partition coefficient (Wildman–Crippen LogP) is 4.27. The molecule has 0 aliphatic carbocycles. The summed E-state index contributed by atoms with van der Waals surface area (Å²) in [6, 6.07) is 16.5. The molecule has 2 heterocycles. The first-order valence-corrected chi connectivity index (χ1v) is 9.58. The molecule has 2 aliphatic heterocycles. The summed E-state index contributed by atoms with van der Waals surface area (Å²) in [5, 5.41) is 6.54. The zero-order valence-electron chi connectivity index (χ0n) is 15.4. The fraction of sp³-hybridized carbons (Fsp3) is 0.409. The number of anilines is 1. The molecule has 136 valence electrons. The van der Waals surface area contributed by atoms with Crippen molar-refractivity contribution in [3.05, 3.63) is 54.1 Å². The fourth-order valence-electron chi connectivity index (χ4n) is 4.36. The van der Waals surface area contributed by atoms with Crippen LogP contribution in [0.2, 0.25) is 0 Å². The molecule has 26 heavy (non-hydrogen) atoms. The molecule has 0 saturated carbocycles. The van der Waals surface area contributed by atoms with Crippen molar-refractivity contribution >= 4 is 11.7 Å². The van der Waals surface area contributed by atoms with E-state index in [1.165, 1.54) is 29.5 Å². The van der Waals surface area contributed by atoms with Crippen LogP contribution in [0.5, 0.6) is 0 Å². The molecule has 0 bridgehead atoms. The van der Waals surface area contributed by atoms with Gasteiger partial charge in [0.15, 0.2) is 0 Å². The second-order valence-electron chi connectivity index (χ2n) is 7.77. The Morgan fingerprint density at radius 2 is 1.92 bits per heavy atom. The Morgan fingerprint density at radius 1 is 1.12 bits per heavy atom. The average Bonchev–Trinajstić information content (AvgIpc) is 3.10. The number of likely N-dealkylation sites (tertiary alicyclic amines) is 1. The van der Waals surface area contributed by atoms with Crippen LogP contribution in [0.1, 0.15) is 24.8 Å². The number of amides is 2. The van der Waals surface area contributed by atoms with Crippen LogP contribution in [0.3, 0.4) is 0 Å². The van der Waals surface area contributed by atoms with E-state index in [2.05, 4.69) is 54.0 Å². The number of nitrogens with zero attached hydrogens (tertiary/aromatic N) is 1. The number of hydrogen-bond donors (Lipinski definition) is 2. The largest absolute Gasteiger partial charge is 0.324 e. The predicted molar refractivity (Wildman–Crippen MR) is 106 cm³/mol. The van der Waals surface area contributed by atoms with E-state index in [0.29, 0.717) is 5.41 Å². The highest BCUT2D eigenvalue weighted by atomic mass is 16.2. The van der Waals surface area contributed by atoms with E-state index in [1.807, 2.05) is 17.0 Å². The summed E-state index contributed by atoms with van der Waals surface area (Å²) in [4.78, 5) is 14.7. The molecule has 2 fully saturated rings. The average molecular weight is 349 g/mol. The lowest BCUT2D eigenvalue weighted by atomic mass is 9.79. The molecule has 1 unspecified atom stereocenters. The molecule has 1 atom stereocenters. The molecule has 2 N–H and O–H groups in total. The number of carbonyl (C=O) groups is 1. The maximum absolute atomic E-state index is 12.7. The maximum Gasteiger partial charge on any atom is 0.321 e. The van der Waals surface area contributed by atoms with Gasteiger partial charge in [0.1, 0.15) is 0 Å². The first kappa shape index (κ1) is 17.1. The van der Waals surface area contributed by atoms with Crippen molar-refractivity contribution in [3.8, 4) is 11.1 Å². The summed E-state index contributed by atoms with van der Waals surface area (Å²) in [6.45, 7) is 5.97. The zero-order valence-corrected chi connectivity index (χ0v) is 15.4. The van der Waals surface area contributed by atoms with Gasteiger partial charge in [-0.15, -0.1) is 0 Å². The highest BCUT2D eigenvalue weighted by molar-refractivity contribution is 5.89. The van der Waals surface area contributed by atoms with E-state index in [4.69, 9.17) is 0 Å². The van der Waals surface area contributed by atoms with Gasteiger partial charge in [0, 0.05) is 30.7 Å². The topological polar surface area (TPSA) is 44.4 Å². The van der Waals surface area contributed by atoms with Crippen LogP contribution < -0.4 is 10.6 Å². The molecule has 2 aromatic carbocycles. The summed E-state index contributed by atoms with van der Waals surface area (Å²) in [5.74, 6) is 0. The molecule has 2 aromatic rings. The van der Waals surface area contributed by atoms with Crippen molar-refractivity contribution in [2.24, 2.45) is 5.41 Å². The van der Waals surface area contributed by atoms with Crippen LogP contribution in [0.15, 0.2) is 48.5 Å². The Balaban J connectivity index is 1.42. The Labute approximate surface area is 155 Å². The van der Waals surface area contributed by atoms with Gasteiger partial charge in [-0.05, 0) is 61.6 Å². The fourth-order valence-corrected chi connectivity index (χ4v) is 4.36. The molecule has 4 nitrogen and oxygen atoms in total. The molecular formula is C22H27N3O. The van der Waals surface area contributed by atoms with E-state index in [0.717, 1.165) is 38.3 Å². The van der Waals surface area contributed by atoms with Crippen molar-refractivity contribution in [1.29, 1.82) is 0 Å². The van der Waals surface area contributed by atoms with Gasteiger partial charge < -0.3 is 15.5 Å². The lowest BCUT2D eigenvalue weighted by Crippen LogP contribution is -2.48. The van der Waals surface area contributed by atoms with E-state index in [9.17, 15) is 4.79 Å². The van der Waals surface area contributed by atoms with Crippen LogP contribution in [0.4, 0.5) is 10.5 Å². The van der Waals surface area contributed by atoms with Gasteiger partial charge >= 0.3 is 6.03 Å². The van der Waals surface area contributed by atoms with Gasteiger partial charge in [-0.3, -0.25) is 0 Å². The molecule has 4 heteroatoms. The second-order valence-corrected chi connectivity index (χ2v) is 7.77. The Hall–Kier alpha value is -2.33. The summed E-state index contributed by atoms with van der Waals surface area (Å²) < 4.78 is 0. The lowest BCUT2D eigenvalue weighted by Gasteiger charge is -2.39. The third-order valence-electron chi connectivity index (χ3n) is 5.87. The smallest absolute Gasteiger partial charge is 0.321 e. The summed E-state index contributed by atoms with van der Waals surface area (Å²) >= 11 is 0. The van der Waals surface area contributed by atoms with Gasteiger partial charge in [-0.1, -0.05) is 36.4 Å². The van der Waals surface area contributed by atoms with Crippen LogP contribution in [-0.2, 0) is 0 Å². The van der Waals surface area contributed by atoms with Crippen molar-refractivity contribution in [3.63, 3.8) is 0 Å². The molecule has 2 saturated heterocycles. The highest BCUT2D eigenvalue weighted by Gasteiger charge is 2.39. The van der Waals surface area contributed by atoms with Gasteiger partial charge in [0.2, 0.25) is 0 Å². The second kappa shape index (κ2) is 7.12. The third-order valence-corrected chi connectivity index (χ3v) is 5.87. The van der Waals surface area contributed by atoms with Crippen LogP contribution >= 0.6 is 0 Å². The highest BCUT2D eigenvalue weighted by Crippen LogP contribution is 2.35. The Morgan fingerprint density at radius 3 is 2.65 bits per heavy atom. The van der Waals surface area contributed by atoms with E-state index in [-0.39, 0.29) is 6.03 Å². The van der Waals surface area contributed by atoms with E-state index >= 15 is 0 Å². The molecule has 1 spiro atoms. The standard InChI is InChI=1S/C22H27N3O/c1-17-5-2-3-6-20(17)18-7-9-19(10-8-18)24-21(26)25-14-4-11-22(16-25)12-13-23-15-22/h2-3,5-10,23H,4,11-16H2,1H3,(H,24,26). The number of rotatable bonds is 2. The lowest BCUT2D eigenvalue weighted by molar-refractivity contribution is 0.125. The van der Waals surface area contributed by atoms with Crippen molar-refractivity contribution in [2.45, 2.75) is 26.2 Å². The number of benzene rings is 2. The number of nitrogens with one attached hydrogen (secondary N) is 2. The number of hydrogen-bond acceptors (Lipinski definition) is 2.